The molecule has 0 amide bonds. The summed E-state index contributed by atoms with van der Waals surface area (Å²) < 4.78 is 8.53. The van der Waals surface area contributed by atoms with Gasteiger partial charge in [-0.2, -0.15) is 5.10 Å². The van der Waals surface area contributed by atoms with Gasteiger partial charge >= 0.3 is 0 Å². The maximum absolute atomic E-state index is 5.76. The summed E-state index contributed by atoms with van der Waals surface area (Å²) in [6.07, 6.45) is 0. The van der Waals surface area contributed by atoms with Crippen LogP contribution in [0.1, 0.15) is 19.7 Å². The van der Waals surface area contributed by atoms with Crippen molar-refractivity contribution in [1.29, 1.82) is 0 Å². The predicted molar refractivity (Wildman–Crippen MR) is 98.2 cm³/mol. The van der Waals surface area contributed by atoms with Crippen LogP contribution in [0.2, 0.25) is 0 Å². The zero-order valence-corrected chi connectivity index (χ0v) is 15.2. The molecule has 0 aliphatic carbocycles. The number of ether oxygens (including phenoxy) is 1. The molecule has 0 saturated carbocycles. The van der Waals surface area contributed by atoms with Crippen molar-refractivity contribution >= 4 is 17.9 Å². The fourth-order valence-corrected chi connectivity index (χ4v) is 3.42. The van der Waals surface area contributed by atoms with E-state index in [1.165, 1.54) is 5.69 Å². The highest BCUT2D eigenvalue weighted by Crippen LogP contribution is 2.28. The first-order chi connectivity index (χ1) is 11.7. The van der Waals surface area contributed by atoms with Crippen LogP contribution in [0.4, 0.5) is 5.69 Å². The van der Waals surface area contributed by atoms with Crippen LogP contribution in [0.5, 0.6) is 5.75 Å². The van der Waals surface area contributed by atoms with Crippen LogP contribution >= 0.6 is 12.2 Å². The molecule has 24 heavy (non-hydrogen) atoms. The highest BCUT2D eigenvalue weighted by Gasteiger charge is 2.21. The van der Waals surface area contributed by atoms with Crippen molar-refractivity contribution in [3.05, 3.63) is 34.9 Å². The lowest BCUT2D eigenvalue weighted by Gasteiger charge is -2.36. The summed E-state index contributed by atoms with van der Waals surface area (Å²) in [5, 5.41) is 7.26. The van der Waals surface area contributed by atoms with E-state index in [1.54, 1.807) is 0 Å². The van der Waals surface area contributed by atoms with Crippen LogP contribution in [-0.2, 0) is 13.1 Å². The Bertz CT molecular complexity index is 718. The molecule has 1 aliphatic rings. The standard InChI is InChI=1S/C17H25N5OS/c1-3-22-16(18-19-17(22)24)13-20-9-11-21(12-10-20)14-7-5-6-8-15(14)23-4-2/h5-8H,3-4,9-13H2,1-2H3,(H,19,24). The predicted octanol–water partition coefficient (Wildman–Crippen LogP) is 2.68. The Morgan fingerprint density at radius 2 is 1.92 bits per heavy atom. The van der Waals surface area contributed by atoms with E-state index >= 15 is 0 Å². The molecule has 7 heteroatoms. The summed E-state index contributed by atoms with van der Waals surface area (Å²) >= 11 is 5.27. The van der Waals surface area contributed by atoms with Gasteiger partial charge in [-0.3, -0.25) is 10.00 Å². The maximum atomic E-state index is 5.76. The zero-order chi connectivity index (χ0) is 16.9. The number of hydrogen-bond donors (Lipinski definition) is 1. The number of benzene rings is 1. The first-order valence-corrected chi connectivity index (χ1v) is 8.97. The number of piperazine rings is 1. The number of anilines is 1. The van der Waals surface area contributed by atoms with Crippen molar-refractivity contribution in [3.63, 3.8) is 0 Å². The molecular weight excluding hydrogens is 322 g/mol. The molecule has 1 fully saturated rings. The first kappa shape index (κ1) is 17.0. The third-order valence-electron chi connectivity index (χ3n) is 4.40. The van der Waals surface area contributed by atoms with E-state index < -0.39 is 0 Å². The normalized spacial score (nSPS) is 15.7. The van der Waals surface area contributed by atoms with Gasteiger partial charge in [0.1, 0.15) is 11.6 Å². The van der Waals surface area contributed by atoms with Crippen LogP contribution < -0.4 is 9.64 Å². The molecule has 2 heterocycles. The number of H-pyrrole nitrogens is 1. The van der Waals surface area contributed by atoms with E-state index in [-0.39, 0.29) is 0 Å². The fourth-order valence-electron chi connectivity index (χ4n) is 3.14. The quantitative estimate of drug-likeness (QED) is 0.814. The zero-order valence-electron chi connectivity index (χ0n) is 14.4. The van der Waals surface area contributed by atoms with Crippen molar-refractivity contribution in [2.45, 2.75) is 26.9 Å². The van der Waals surface area contributed by atoms with E-state index in [1.807, 2.05) is 19.1 Å². The van der Waals surface area contributed by atoms with E-state index in [2.05, 4.69) is 43.6 Å². The van der Waals surface area contributed by atoms with Crippen LogP contribution in [-0.4, -0.2) is 52.5 Å². The average Bonchev–Trinajstić information content (AvgIpc) is 2.96. The molecule has 3 rings (SSSR count). The minimum Gasteiger partial charge on any atom is -0.492 e. The Hall–Kier alpha value is -1.86. The van der Waals surface area contributed by atoms with E-state index in [9.17, 15) is 0 Å². The lowest BCUT2D eigenvalue weighted by atomic mass is 10.2. The number of nitrogens with one attached hydrogen (secondary N) is 1. The minimum atomic E-state index is 0.691. The van der Waals surface area contributed by atoms with Crippen LogP contribution in [0.15, 0.2) is 24.3 Å². The summed E-state index contributed by atoms with van der Waals surface area (Å²) in [5.41, 5.74) is 1.19. The molecule has 0 radical (unpaired) electrons. The molecular formula is C17H25N5OS. The van der Waals surface area contributed by atoms with E-state index in [0.717, 1.165) is 50.8 Å². The molecule has 2 aromatic rings. The number of aromatic nitrogens is 3. The number of aromatic amines is 1. The molecule has 1 saturated heterocycles. The molecule has 0 bridgehead atoms. The van der Waals surface area contributed by atoms with Gasteiger partial charge < -0.3 is 14.2 Å². The summed E-state index contributed by atoms with van der Waals surface area (Å²) in [6, 6.07) is 8.29. The monoisotopic (exact) mass is 347 g/mol. The van der Waals surface area contributed by atoms with Crippen molar-refractivity contribution < 1.29 is 4.74 Å². The number of hydrogen-bond acceptors (Lipinski definition) is 5. The topological polar surface area (TPSA) is 49.3 Å². The van der Waals surface area contributed by atoms with Crippen molar-refractivity contribution in [1.82, 2.24) is 19.7 Å². The van der Waals surface area contributed by atoms with E-state index in [4.69, 9.17) is 17.0 Å². The van der Waals surface area contributed by atoms with Gasteiger partial charge in [0.25, 0.3) is 0 Å². The maximum Gasteiger partial charge on any atom is 0.195 e. The molecule has 0 unspecified atom stereocenters. The molecule has 1 aliphatic heterocycles. The van der Waals surface area contributed by atoms with Crippen LogP contribution in [0, 0.1) is 4.77 Å². The van der Waals surface area contributed by atoms with Gasteiger partial charge in [-0.1, -0.05) is 12.1 Å². The Kier molecular flexibility index (Phi) is 5.52. The van der Waals surface area contributed by atoms with Gasteiger partial charge in [-0.15, -0.1) is 0 Å². The first-order valence-electron chi connectivity index (χ1n) is 8.56. The molecule has 1 aromatic carbocycles. The number of para-hydroxylation sites is 2. The smallest absolute Gasteiger partial charge is 0.195 e. The number of nitrogens with zero attached hydrogens (tertiary/aromatic N) is 4. The summed E-state index contributed by atoms with van der Waals surface area (Å²) in [6.45, 7) is 10.5. The van der Waals surface area contributed by atoms with Gasteiger partial charge in [0.05, 0.1) is 18.8 Å². The number of rotatable bonds is 6. The molecule has 0 atom stereocenters. The second kappa shape index (κ2) is 7.81. The second-order valence-electron chi connectivity index (χ2n) is 5.85. The third-order valence-corrected chi connectivity index (χ3v) is 4.71. The van der Waals surface area contributed by atoms with E-state index in [0.29, 0.717) is 11.4 Å². The highest BCUT2D eigenvalue weighted by atomic mass is 32.1. The lowest BCUT2D eigenvalue weighted by Crippen LogP contribution is -2.46. The molecule has 6 nitrogen and oxygen atoms in total. The summed E-state index contributed by atoms with van der Waals surface area (Å²) in [5.74, 6) is 1.99. The minimum absolute atomic E-state index is 0.691. The highest BCUT2D eigenvalue weighted by molar-refractivity contribution is 7.71. The van der Waals surface area contributed by atoms with Gasteiger partial charge in [0.15, 0.2) is 4.77 Å². The van der Waals surface area contributed by atoms with Gasteiger partial charge in [-0.05, 0) is 38.2 Å². The van der Waals surface area contributed by atoms with Gasteiger partial charge in [0, 0.05) is 32.7 Å². The Morgan fingerprint density at radius 3 is 2.62 bits per heavy atom. The molecule has 1 N–H and O–H groups in total. The molecule has 130 valence electrons. The fraction of sp³-hybridized carbons (Fsp3) is 0.529. The molecule has 1 aromatic heterocycles. The van der Waals surface area contributed by atoms with Crippen molar-refractivity contribution in [3.8, 4) is 5.75 Å². The summed E-state index contributed by atoms with van der Waals surface area (Å²) in [7, 11) is 0. The van der Waals surface area contributed by atoms with Crippen LogP contribution in [0.3, 0.4) is 0 Å². The Morgan fingerprint density at radius 1 is 1.17 bits per heavy atom. The lowest BCUT2D eigenvalue weighted by molar-refractivity contribution is 0.239. The van der Waals surface area contributed by atoms with Gasteiger partial charge in [-0.25, -0.2) is 0 Å². The largest absolute Gasteiger partial charge is 0.492 e. The van der Waals surface area contributed by atoms with Gasteiger partial charge in [0.2, 0.25) is 0 Å². The SMILES string of the molecule is CCOc1ccccc1N1CCN(Cc2n[nH]c(=S)n2CC)CC1. The van der Waals surface area contributed by atoms with Crippen molar-refractivity contribution in [2.24, 2.45) is 0 Å². The van der Waals surface area contributed by atoms with Crippen LogP contribution in [0.25, 0.3) is 0 Å². The molecule has 0 spiro atoms. The second-order valence-corrected chi connectivity index (χ2v) is 6.24. The Balaban J connectivity index is 1.63. The summed E-state index contributed by atoms with van der Waals surface area (Å²) in [4.78, 5) is 4.83. The third kappa shape index (κ3) is 3.62. The van der Waals surface area contributed by atoms with Crippen molar-refractivity contribution in [2.75, 3.05) is 37.7 Å². The Labute approximate surface area is 148 Å². The average molecular weight is 347 g/mol.